The third kappa shape index (κ3) is 1.67. The molecule has 1 aromatic heterocycles. The van der Waals surface area contributed by atoms with Crippen LogP contribution in [-0.4, -0.2) is 20.7 Å². The molecule has 1 amide bonds. The standard InChI is InChI=1S/C11H12N4O/c1-7-13-14-11(15(7)2)9-5-3-8(4-6-9)10(12)16/h3-6H,1-2H3,(H2,12,16). The van der Waals surface area contributed by atoms with Gasteiger partial charge in [0, 0.05) is 18.2 Å². The smallest absolute Gasteiger partial charge is 0.248 e. The third-order valence-electron chi connectivity index (χ3n) is 2.52. The number of rotatable bonds is 2. The fourth-order valence-electron chi connectivity index (χ4n) is 1.44. The lowest BCUT2D eigenvalue weighted by Crippen LogP contribution is -2.10. The first kappa shape index (κ1) is 10.4. The second-order valence-electron chi connectivity index (χ2n) is 3.57. The molecule has 0 saturated heterocycles. The zero-order valence-corrected chi connectivity index (χ0v) is 9.14. The number of aryl methyl sites for hydroxylation is 1. The molecule has 0 aliphatic rings. The van der Waals surface area contributed by atoms with Gasteiger partial charge >= 0.3 is 0 Å². The van der Waals surface area contributed by atoms with Crippen LogP contribution in [-0.2, 0) is 7.05 Å². The van der Waals surface area contributed by atoms with E-state index >= 15 is 0 Å². The number of aromatic nitrogens is 3. The highest BCUT2D eigenvalue weighted by Gasteiger charge is 2.08. The Morgan fingerprint density at radius 1 is 1.25 bits per heavy atom. The molecule has 1 heterocycles. The molecule has 0 bridgehead atoms. The van der Waals surface area contributed by atoms with E-state index in [0.29, 0.717) is 5.56 Å². The van der Waals surface area contributed by atoms with Crippen molar-refractivity contribution in [1.82, 2.24) is 14.8 Å². The van der Waals surface area contributed by atoms with Crippen molar-refractivity contribution in [1.29, 1.82) is 0 Å². The highest BCUT2D eigenvalue weighted by atomic mass is 16.1. The summed E-state index contributed by atoms with van der Waals surface area (Å²) in [6.45, 7) is 1.88. The molecule has 16 heavy (non-hydrogen) atoms. The van der Waals surface area contributed by atoms with Gasteiger partial charge in [0.05, 0.1) is 0 Å². The number of nitrogens with zero attached hydrogens (tertiary/aromatic N) is 3. The summed E-state index contributed by atoms with van der Waals surface area (Å²) in [7, 11) is 1.90. The highest BCUT2D eigenvalue weighted by Crippen LogP contribution is 2.17. The predicted molar refractivity (Wildman–Crippen MR) is 59.7 cm³/mol. The first-order valence-electron chi connectivity index (χ1n) is 4.86. The van der Waals surface area contributed by atoms with Gasteiger partial charge in [-0.05, 0) is 19.1 Å². The lowest BCUT2D eigenvalue weighted by atomic mass is 10.1. The van der Waals surface area contributed by atoms with E-state index in [1.54, 1.807) is 12.1 Å². The van der Waals surface area contributed by atoms with Crippen LogP contribution in [0, 0.1) is 6.92 Å². The van der Waals surface area contributed by atoms with Gasteiger partial charge in [0.1, 0.15) is 5.82 Å². The Kier molecular flexibility index (Phi) is 2.44. The van der Waals surface area contributed by atoms with Crippen LogP contribution in [0.4, 0.5) is 0 Å². The van der Waals surface area contributed by atoms with Crippen LogP contribution < -0.4 is 5.73 Å². The zero-order chi connectivity index (χ0) is 11.7. The molecule has 2 rings (SSSR count). The molecule has 0 aliphatic heterocycles. The van der Waals surface area contributed by atoms with Gasteiger partial charge < -0.3 is 10.3 Å². The number of hydrogen-bond donors (Lipinski definition) is 1. The van der Waals surface area contributed by atoms with Crippen molar-refractivity contribution in [2.24, 2.45) is 12.8 Å². The van der Waals surface area contributed by atoms with Crippen LogP contribution in [0.2, 0.25) is 0 Å². The normalized spacial score (nSPS) is 10.4. The van der Waals surface area contributed by atoms with Crippen LogP contribution >= 0.6 is 0 Å². The monoisotopic (exact) mass is 216 g/mol. The summed E-state index contributed by atoms with van der Waals surface area (Å²) in [6.07, 6.45) is 0. The number of carbonyl (C=O) groups is 1. The quantitative estimate of drug-likeness (QED) is 0.810. The Labute approximate surface area is 92.9 Å². The van der Waals surface area contributed by atoms with Gasteiger partial charge in [-0.3, -0.25) is 4.79 Å². The molecule has 1 aromatic carbocycles. The van der Waals surface area contributed by atoms with Gasteiger partial charge in [-0.2, -0.15) is 0 Å². The maximum Gasteiger partial charge on any atom is 0.248 e. The molecule has 0 spiro atoms. The van der Waals surface area contributed by atoms with Gasteiger partial charge in [0.15, 0.2) is 5.82 Å². The molecule has 0 unspecified atom stereocenters. The molecule has 82 valence electrons. The molecule has 2 N–H and O–H groups in total. The van der Waals surface area contributed by atoms with Crippen LogP contribution in [0.3, 0.4) is 0 Å². The van der Waals surface area contributed by atoms with Gasteiger partial charge in [0.2, 0.25) is 5.91 Å². The first-order chi connectivity index (χ1) is 7.59. The van der Waals surface area contributed by atoms with Crippen LogP contribution in [0.1, 0.15) is 16.2 Å². The van der Waals surface area contributed by atoms with Gasteiger partial charge in [0.25, 0.3) is 0 Å². The number of benzene rings is 1. The average molecular weight is 216 g/mol. The topological polar surface area (TPSA) is 73.8 Å². The molecule has 0 fully saturated rings. The van der Waals surface area contributed by atoms with Crippen molar-refractivity contribution in [2.75, 3.05) is 0 Å². The van der Waals surface area contributed by atoms with Crippen molar-refractivity contribution < 1.29 is 4.79 Å². The maximum absolute atomic E-state index is 10.9. The molecule has 0 saturated carbocycles. The second-order valence-corrected chi connectivity index (χ2v) is 3.57. The summed E-state index contributed by atoms with van der Waals surface area (Å²) in [5, 5.41) is 8.03. The second kappa shape index (κ2) is 3.77. The lowest BCUT2D eigenvalue weighted by Gasteiger charge is -2.02. The molecule has 2 aromatic rings. The zero-order valence-electron chi connectivity index (χ0n) is 9.14. The molecular weight excluding hydrogens is 204 g/mol. The Morgan fingerprint density at radius 2 is 1.88 bits per heavy atom. The van der Waals surface area contributed by atoms with E-state index < -0.39 is 5.91 Å². The van der Waals surface area contributed by atoms with E-state index in [1.807, 2.05) is 30.7 Å². The fraction of sp³-hybridized carbons (Fsp3) is 0.182. The summed E-state index contributed by atoms with van der Waals surface area (Å²) in [5.74, 6) is 1.18. The summed E-state index contributed by atoms with van der Waals surface area (Å²) in [6, 6.07) is 6.98. The minimum Gasteiger partial charge on any atom is -0.366 e. The highest BCUT2D eigenvalue weighted by molar-refractivity contribution is 5.93. The predicted octanol–water partition coefficient (Wildman–Crippen LogP) is 0.889. The van der Waals surface area contributed by atoms with E-state index in [4.69, 9.17) is 5.73 Å². The summed E-state index contributed by atoms with van der Waals surface area (Å²) in [4.78, 5) is 10.9. The van der Waals surface area contributed by atoms with Crippen LogP contribution in [0.15, 0.2) is 24.3 Å². The minimum absolute atomic E-state index is 0.430. The van der Waals surface area contributed by atoms with Crippen molar-refractivity contribution in [2.45, 2.75) is 6.92 Å². The Balaban J connectivity index is 2.42. The van der Waals surface area contributed by atoms with Gasteiger partial charge in [-0.25, -0.2) is 0 Å². The number of nitrogens with two attached hydrogens (primary N) is 1. The van der Waals surface area contributed by atoms with Crippen molar-refractivity contribution >= 4 is 5.91 Å². The van der Waals surface area contributed by atoms with E-state index in [9.17, 15) is 4.79 Å². The Bertz CT molecular complexity index is 527. The van der Waals surface area contributed by atoms with Gasteiger partial charge in [-0.1, -0.05) is 12.1 Å². The largest absolute Gasteiger partial charge is 0.366 e. The molecule has 0 aliphatic carbocycles. The minimum atomic E-state index is -0.430. The summed E-state index contributed by atoms with van der Waals surface area (Å²) in [5.41, 5.74) is 6.56. The summed E-state index contributed by atoms with van der Waals surface area (Å²) >= 11 is 0. The van der Waals surface area contributed by atoms with E-state index in [0.717, 1.165) is 17.2 Å². The number of amides is 1. The molecular formula is C11H12N4O. The van der Waals surface area contributed by atoms with Crippen molar-refractivity contribution in [3.05, 3.63) is 35.7 Å². The third-order valence-corrected chi connectivity index (χ3v) is 2.52. The van der Waals surface area contributed by atoms with Gasteiger partial charge in [-0.15, -0.1) is 10.2 Å². The first-order valence-corrected chi connectivity index (χ1v) is 4.86. The van der Waals surface area contributed by atoms with Crippen molar-refractivity contribution in [3.63, 3.8) is 0 Å². The maximum atomic E-state index is 10.9. The number of hydrogen-bond acceptors (Lipinski definition) is 3. The molecule has 0 atom stereocenters. The Hall–Kier alpha value is -2.17. The van der Waals surface area contributed by atoms with Crippen LogP contribution in [0.25, 0.3) is 11.4 Å². The number of primary amides is 1. The summed E-state index contributed by atoms with van der Waals surface area (Å²) < 4.78 is 1.89. The molecule has 0 radical (unpaired) electrons. The van der Waals surface area contributed by atoms with Crippen LogP contribution in [0.5, 0.6) is 0 Å². The lowest BCUT2D eigenvalue weighted by molar-refractivity contribution is 0.100. The van der Waals surface area contributed by atoms with Crippen molar-refractivity contribution in [3.8, 4) is 11.4 Å². The fourth-order valence-corrected chi connectivity index (χ4v) is 1.44. The SMILES string of the molecule is Cc1nnc(-c2ccc(C(N)=O)cc2)n1C. The Morgan fingerprint density at radius 3 is 2.31 bits per heavy atom. The average Bonchev–Trinajstić information content (AvgIpc) is 2.60. The molecule has 5 nitrogen and oxygen atoms in total. The number of carbonyl (C=O) groups excluding carboxylic acids is 1. The molecule has 5 heteroatoms. The van der Waals surface area contributed by atoms with E-state index in [-0.39, 0.29) is 0 Å². The van der Waals surface area contributed by atoms with E-state index in [2.05, 4.69) is 10.2 Å². The van der Waals surface area contributed by atoms with E-state index in [1.165, 1.54) is 0 Å².